The smallest absolute Gasteiger partial charge is 0.123 e. The summed E-state index contributed by atoms with van der Waals surface area (Å²) in [6, 6.07) is 6.33. The molecule has 1 aromatic rings. The van der Waals surface area contributed by atoms with Gasteiger partial charge in [0, 0.05) is 32.7 Å². The number of ether oxygens (including phenoxy) is 1. The van der Waals surface area contributed by atoms with Gasteiger partial charge in [-0.3, -0.25) is 0 Å². The van der Waals surface area contributed by atoms with Crippen molar-refractivity contribution < 1.29 is 14.2 Å². The molecular formula is C17H25ClFNO2. The van der Waals surface area contributed by atoms with Crippen LogP contribution in [0.3, 0.4) is 0 Å². The van der Waals surface area contributed by atoms with Crippen LogP contribution in [0.4, 0.5) is 4.39 Å². The summed E-state index contributed by atoms with van der Waals surface area (Å²) in [5.41, 5.74) is -0.384. The van der Waals surface area contributed by atoms with Crippen molar-refractivity contribution in [2.24, 2.45) is 5.92 Å². The Hall–Kier alpha value is -0.680. The third-order valence-electron chi connectivity index (χ3n) is 4.53. The van der Waals surface area contributed by atoms with Crippen molar-refractivity contribution in [2.75, 3.05) is 26.8 Å². The zero-order valence-electron chi connectivity index (χ0n) is 13.1. The van der Waals surface area contributed by atoms with Crippen molar-refractivity contribution >= 4 is 11.8 Å². The molecule has 0 unspecified atom stereocenters. The van der Waals surface area contributed by atoms with Crippen LogP contribution in [0, 0.1) is 11.7 Å². The molecule has 0 aliphatic carbocycles. The van der Waals surface area contributed by atoms with Crippen LogP contribution in [0.5, 0.6) is 0 Å². The lowest BCUT2D eigenvalue weighted by atomic mass is 9.74. The maximum atomic E-state index is 13.6. The molecule has 2 atom stereocenters. The molecule has 1 heterocycles. The fraction of sp³-hybridized carbons (Fsp3) is 0.647. The molecule has 0 bridgehead atoms. The van der Waals surface area contributed by atoms with E-state index in [1.807, 2.05) is 6.07 Å². The molecule has 0 saturated carbocycles. The molecule has 0 radical (unpaired) electrons. The van der Waals surface area contributed by atoms with Gasteiger partial charge in [0.25, 0.3) is 0 Å². The topological polar surface area (TPSA) is 32.7 Å². The second-order valence-corrected chi connectivity index (χ2v) is 6.57. The van der Waals surface area contributed by atoms with Gasteiger partial charge >= 0.3 is 0 Å². The minimum atomic E-state index is -1.04. The van der Waals surface area contributed by atoms with Crippen LogP contribution in [0.1, 0.15) is 37.7 Å². The average Bonchev–Trinajstić information content (AvgIpc) is 2.51. The molecule has 124 valence electrons. The quantitative estimate of drug-likeness (QED) is 0.611. The maximum Gasteiger partial charge on any atom is 0.123 e. The van der Waals surface area contributed by atoms with Crippen molar-refractivity contribution in [2.45, 2.75) is 37.7 Å². The SMILES string of the molecule is COCCCC[C@@](O)(c1cccc(F)c1)[C@@H]1CCCN(Cl)C1. The first kappa shape index (κ1) is 17.7. The third kappa shape index (κ3) is 4.42. The van der Waals surface area contributed by atoms with E-state index in [2.05, 4.69) is 0 Å². The summed E-state index contributed by atoms with van der Waals surface area (Å²) in [6.07, 6.45) is 4.16. The van der Waals surface area contributed by atoms with Crippen LogP contribution >= 0.6 is 11.8 Å². The molecule has 3 nitrogen and oxygen atoms in total. The minimum Gasteiger partial charge on any atom is -0.385 e. The maximum absolute atomic E-state index is 13.6. The molecule has 2 rings (SSSR count). The number of hydrogen-bond donors (Lipinski definition) is 1. The highest BCUT2D eigenvalue weighted by atomic mass is 35.5. The van der Waals surface area contributed by atoms with Gasteiger partial charge in [-0.1, -0.05) is 12.1 Å². The highest BCUT2D eigenvalue weighted by Crippen LogP contribution is 2.40. The largest absolute Gasteiger partial charge is 0.385 e. The fourth-order valence-corrected chi connectivity index (χ4v) is 3.59. The Morgan fingerprint density at radius 3 is 2.95 bits per heavy atom. The van der Waals surface area contributed by atoms with Crippen LogP contribution in [0.2, 0.25) is 0 Å². The standard InChI is InChI=1S/C17H25ClFNO2/c1-22-11-3-2-9-17(21,14-6-4-8-16(19)12-14)15-7-5-10-20(18)13-15/h4,6,8,12,15,21H,2-3,5,7,9-11,13H2,1H3/t15-,17-/m1/s1. The third-order valence-corrected chi connectivity index (χ3v) is 4.84. The highest BCUT2D eigenvalue weighted by molar-refractivity contribution is 6.13. The molecule has 5 heteroatoms. The summed E-state index contributed by atoms with van der Waals surface area (Å²) in [5.74, 6) is -0.297. The van der Waals surface area contributed by atoms with Crippen LogP contribution < -0.4 is 0 Å². The van der Waals surface area contributed by atoms with Gasteiger partial charge in [-0.2, -0.15) is 0 Å². The number of nitrogens with zero attached hydrogens (tertiary/aromatic N) is 1. The number of aliphatic hydroxyl groups is 1. The number of halogens is 2. The first-order valence-corrected chi connectivity index (χ1v) is 8.28. The summed E-state index contributed by atoms with van der Waals surface area (Å²) in [7, 11) is 1.67. The summed E-state index contributed by atoms with van der Waals surface area (Å²) < 4.78 is 20.4. The molecule has 0 spiro atoms. The first-order valence-electron chi connectivity index (χ1n) is 7.94. The van der Waals surface area contributed by atoms with E-state index >= 15 is 0 Å². The van der Waals surface area contributed by atoms with Gasteiger partial charge in [0.2, 0.25) is 0 Å². The zero-order chi connectivity index (χ0) is 16.0. The number of piperidine rings is 1. The van der Waals surface area contributed by atoms with E-state index in [0.29, 0.717) is 25.1 Å². The molecule has 1 N–H and O–H groups in total. The Bertz CT molecular complexity index is 474. The van der Waals surface area contributed by atoms with Crippen molar-refractivity contribution in [3.8, 4) is 0 Å². The lowest BCUT2D eigenvalue weighted by Crippen LogP contribution is -2.43. The number of benzene rings is 1. The van der Waals surface area contributed by atoms with Crippen molar-refractivity contribution in [3.63, 3.8) is 0 Å². The summed E-state index contributed by atoms with van der Waals surface area (Å²) in [4.78, 5) is 0. The van der Waals surface area contributed by atoms with Gasteiger partial charge in [0.1, 0.15) is 5.82 Å². The normalized spacial score (nSPS) is 22.5. The molecule has 1 fully saturated rings. The molecule has 1 aromatic carbocycles. The van der Waals surface area contributed by atoms with E-state index in [0.717, 1.165) is 32.2 Å². The van der Waals surface area contributed by atoms with E-state index in [4.69, 9.17) is 16.5 Å². The van der Waals surface area contributed by atoms with Gasteiger partial charge in [0.15, 0.2) is 0 Å². The Morgan fingerprint density at radius 2 is 2.27 bits per heavy atom. The van der Waals surface area contributed by atoms with E-state index in [-0.39, 0.29) is 11.7 Å². The zero-order valence-corrected chi connectivity index (χ0v) is 13.9. The Labute approximate surface area is 137 Å². The Kier molecular flexibility index (Phi) is 6.63. The Balaban J connectivity index is 2.19. The number of hydrogen-bond acceptors (Lipinski definition) is 3. The van der Waals surface area contributed by atoms with Crippen LogP contribution in [-0.4, -0.2) is 36.3 Å². The average molecular weight is 330 g/mol. The van der Waals surface area contributed by atoms with Gasteiger partial charge < -0.3 is 9.84 Å². The van der Waals surface area contributed by atoms with Crippen molar-refractivity contribution in [3.05, 3.63) is 35.6 Å². The van der Waals surface area contributed by atoms with Crippen molar-refractivity contribution in [1.29, 1.82) is 0 Å². The summed E-state index contributed by atoms with van der Waals surface area (Å²) in [5, 5.41) is 11.4. The summed E-state index contributed by atoms with van der Waals surface area (Å²) in [6.45, 7) is 2.13. The predicted molar refractivity (Wildman–Crippen MR) is 86.2 cm³/mol. The fourth-order valence-electron chi connectivity index (χ4n) is 3.30. The van der Waals surface area contributed by atoms with E-state index in [9.17, 15) is 9.50 Å². The van der Waals surface area contributed by atoms with Gasteiger partial charge in [-0.25, -0.2) is 8.81 Å². The highest BCUT2D eigenvalue weighted by Gasteiger charge is 2.40. The molecule has 1 aliphatic rings. The summed E-state index contributed by atoms with van der Waals surface area (Å²) >= 11 is 6.15. The van der Waals surface area contributed by atoms with Gasteiger partial charge in [0.05, 0.1) is 5.60 Å². The van der Waals surface area contributed by atoms with Crippen molar-refractivity contribution in [1.82, 2.24) is 4.42 Å². The minimum absolute atomic E-state index is 0.0168. The lowest BCUT2D eigenvalue weighted by molar-refractivity contribution is -0.0526. The van der Waals surface area contributed by atoms with Gasteiger partial charge in [-0.05, 0) is 61.6 Å². The number of unbranched alkanes of at least 4 members (excludes halogenated alkanes) is 1. The van der Waals surface area contributed by atoms with Gasteiger partial charge in [-0.15, -0.1) is 0 Å². The number of rotatable bonds is 7. The Morgan fingerprint density at radius 1 is 1.45 bits per heavy atom. The predicted octanol–water partition coefficient (Wildman–Crippen LogP) is 3.70. The molecule has 1 aliphatic heterocycles. The van der Waals surface area contributed by atoms with Crippen LogP contribution in [0.15, 0.2) is 24.3 Å². The molecule has 0 amide bonds. The number of methoxy groups -OCH3 is 1. The molecule has 1 saturated heterocycles. The lowest BCUT2D eigenvalue weighted by Gasteiger charge is -2.41. The molecule has 0 aromatic heterocycles. The van der Waals surface area contributed by atoms with Crippen LogP contribution in [0.25, 0.3) is 0 Å². The van der Waals surface area contributed by atoms with E-state index in [1.165, 1.54) is 12.1 Å². The molecular weight excluding hydrogens is 305 g/mol. The molecule has 22 heavy (non-hydrogen) atoms. The second kappa shape index (κ2) is 8.25. The first-order chi connectivity index (χ1) is 10.6. The van der Waals surface area contributed by atoms with E-state index in [1.54, 1.807) is 17.6 Å². The van der Waals surface area contributed by atoms with Crippen LogP contribution in [-0.2, 0) is 10.3 Å². The monoisotopic (exact) mass is 329 g/mol. The van der Waals surface area contributed by atoms with E-state index < -0.39 is 5.60 Å². The second-order valence-electron chi connectivity index (χ2n) is 6.09.